The van der Waals surface area contributed by atoms with E-state index in [2.05, 4.69) is 39.5 Å². The summed E-state index contributed by atoms with van der Waals surface area (Å²) in [5.41, 5.74) is -0.449. The van der Waals surface area contributed by atoms with Crippen molar-refractivity contribution >= 4 is 0 Å². The van der Waals surface area contributed by atoms with E-state index in [0.717, 1.165) is 26.1 Å². The number of nitrogens with zero attached hydrogens (tertiary/aromatic N) is 1. The molecule has 19 heavy (non-hydrogen) atoms. The quantitative estimate of drug-likeness (QED) is 0.848. The zero-order valence-corrected chi connectivity index (χ0v) is 13.0. The minimum atomic E-state index is -0.453. The van der Waals surface area contributed by atoms with Gasteiger partial charge in [0.2, 0.25) is 0 Å². The van der Waals surface area contributed by atoms with E-state index >= 15 is 0 Å². The molecular formula is C15H29NO3. The predicted octanol–water partition coefficient (Wildman–Crippen LogP) is 1.66. The van der Waals surface area contributed by atoms with E-state index in [1.807, 2.05) is 0 Å². The highest BCUT2D eigenvalue weighted by Crippen LogP contribution is 2.44. The van der Waals surface area contributed by atoms with Crippen LogP contribution in [-0.4, -0.2) is 59.7 Å². The Kier molecular flexibility index (Phi) is 4.26. The van der Waals surface area contributed by atoms with Gasteiger partial charge >= 0.3 is 0 Å². The Morgan fingerprint density at radius 1 is 1.32 bits per heavy atom. The van der Waals surface area contributed by atoms with Crippen molar-refractivity contribution in [1.29, 1.82) is 0 Å². The van der Waals surface area contributed by atoms with Crippen LogP contribution in [0.3, 0.4) is 0 Å². The molecule has 2 fully saturated rings. The third-order valence-electron chi connectivity index (χ3n) is 4.56. The van der Waals surface area contributed by atoms with E-state index in [1.165, 1.54) is 0 Å². The third kappa shape index (κ3) is 3.30. The molecule has 4 nitrogen and oxygen atoms in total. The lowest BCUT2D eigenvalue weighted by atomic mass is 9.81. The zero-order valence-electron chi connectivity index (χ0n) is 13.0. The minimum Gasteiger partial charge on any atom is -0.390 e. The summed E-state index contributed by atoms with van der Waals surface area (Å²) < 4.78 is 11.9. The van der Waals surface area contributed by atoms with Gasteiger partial charge in [0.1, 0.15) is 0 Å². The van der Waals surface area contributed by atoms with Gasteiger partial charge in [-0.15, -0.1) is 0 Å². The van der Waals surface area contributed by atoms with Crippen molar-refractivity contribution in [3.63, 3.8) is 0 Å². The smallest absolute Gasteiger partial charge is 0.0964 e. The molecule has 112 valence electrons. The fourth-order valence-electron chi connectivity index (χ4n) is 3.62. The highest BCUT2D eigenvalue weighted by atomic mass is 16.5. The lowest BCUT2D eigenvalue weighted by molar-refractivity contribution is -0.133. The Morgan fingerprint density at radius 3 is 2.53 bits per heavy atom. The summed E-state index contributed by atoms with van der Waals surface area (Å²) in [6.45, 7) is 14.0. The molecule has 1 N–H and O–H groups in total. The second kappa shape index (κ2) is 5.32. The monoisotopic (exact) mass is 271 g/mol. The van der Waals surface area contributed by atoms with Crippen molar-refractivity contribution in [2.45, 2.75) is 64.4 Å². The maximum Gasteiger partial charge on any atom is 0.0964 e. The molecule has 0 aliphatic carbocycles. The topological polar surface area (TPSA) is 41.9 Å². The summed E-state index contributed by atoms with van der Waals surface area (Å²) >= 11 is 0. The number of hydrogen-bond donors (Lipinski definition) is 1. The number of aliphatic hydroxyl groups is 1. The van der Waals surface area contributed by atoms with Crippen LogP contribution in [0.5, 0.6) is 0 Å². The van der Waals surface area contributed by atoms with Crippen molar-refractivity contribution < 1.29 is 14.6 Å². The fraction of sp³-hybridized carbons (Fsp3) is 1.00. The average molecular weight is 271 g/mol. The van der Waals surface area contributed by atoms with Gasteiger partial charge in [0.05, 0.1) is 30.0 Å². The largest absolute Gasteiger partial charge is 0.390 e. The lowest BCUT2D eigenvalue weighted by Crippen LogP contribution is -2.52. The Labute approximate surface area is 117 Å². The number of hydrogen-bond acceptors (Lipinski definition) is 4. The molecule has 3 atom stereocenters. The zero-order chi connectivity index (χ0) is 14.3. The van der Waals surface area contributed by atoms with Crippen LogP contribution in [0.4, 0.5) is 0 Å². The first-order valence-corrected chi connectivity index (χ1v) is 7.47. The van der Waals surface area contributed by atoms with Crippen LogP contribution >= 0.6 is 0 Å². The molecule has 0 spiro atoms. The van der Waals surface area contributed by atoms with E-state index in [4.69, 9.17) is 9.47 Å². The van der Waals surface area contributed by atoms with Crippen LogP contribution in [0, 0.1) is 5.92 Å². The van der Waals surface area contributed by atoms with Gasteiger partial charge in [-0.2, -0.15) is 0 Å². The second-order valence-corrected chi connectivity index (χ2v) is 7.07. The molecule has 0 radical (unpaired) electrons. The SMILES string of the molecule is CCN1CCOC(C(O)C2CC(C)(C)OC2(C)C)C1. The van der Waals surface area contributed by atoms with Crippen molar-refractivity contribution in [3.8, 4) is 0 Å². The van der Waals surface area contributed by atoms with E-state index in [-0.39, 0.29) is 23.2 Å². The fourth-order valence-corrected chi connectivity index (χ4v) is 3.62. The maximum absolute atomic E-state index is 10.7. The summed E-state index contributed by atoms with van der Waals surface area (Å²) in [4.78, 5) is 2.34. The number of rotatable bonds is 3. The first kappa shape index (κ1) is 15.2. The van der Waals surface area contributed by atoms with E-state index in [1.54, 1.807) is 0 Å². The average Bonchev–Trinajstić information content (AvgIpc) is 2.56. The molecule has 4 heteroatoms. The molecule has 0 bridgehead atoms. The summed E-state index contributed by atoms with van der Waals surface area (Å²) in [6, 6.07) is 0. The van der Waals surface area contributed by atoms with Crippen molar-refractivity contribution in [2.24, 2.45) is 5.92 Å². The molecule has 0 aromatic rings. The van der Waals surface area contributed by atoms with Gasteiger partial charge < -0.3 is 14.6 Å². The Balaban J connectivity index is 2.04. The van der Waals surface area contributed by atoms with Crippen molar-refractivity contribution in [3.05, 3.63) is 0 Å². The predicted molar refractivity (Wildman–Crippen MR) is 75.2 cm³/mol. The molecule has 2 aliphatic heterocycles. The number of likely N-dealkylation sites (N-methyl/N-ethyl adjacent to an activating group) is 1. The van der Waals surface area contributed by atoms with Gasteiger partial charge in [0.25, 0.3) is 0 Å². The van der Waals surface area contributed by atoms with Crippen molar-refractivity contribution in [2.75, 3.05) is 26.2 Å². The standard InChI is InChI=1S/C15H29NO3/c1-6-16-7-8-18-12(10-16)13(17)11-9-14(2,3)19-15(11,4)5/h11-13,17H,6-10H2,1-5H3. The summed E-state index contributed by atoms with van der Waals surface area (Å²) in [5, 5.41) is 10.7. The lowest BCUT2D eigenvalue weighted by Gasteiger charge is -2.39. The third-order valence-corrected chi connectivity index (χ3v) is 4.56. The molecular weight excluding hydrogens is 242 g/mol. The van der Waals surface area contributed by atoms with Crippen molar-refractivity contribution in [1.82, 2.24) is 4.90 Å². The molecule has 2 rings (SSSR count). The number of aliphatic hydroxyl groups excluding tert-OH is 1. The summed E-state index contributed by atoms with van der Waals surface area (Å²) in [6.07, 6.45) is 0.342. The Hall–Kier alpha value is -0.160. The molecule has 0 aromatic carbocycles. The van der Waals surface area contributed by atoms with Crippen LogP contribution in [0.15, 0.2) is 0 Å². The van der Waals surface area contributed by atoms with Gasteiger partial charge in [-0.3, -0.25) is 4.90 Å². The maximum atomic E-state index is 10.7. The van der Waals surface area contributed by atoms with Gasteiger partial charge in [-0.25, -0.2) is 0 Å². The summed E-state index contributed by atoms with van der Waals surface area (Å²) in [7, 11) is 0. The van der Waals surface area contributed by atoms with Gasteiger partial charge in [0, 0.05) is 19.0 Å². The van der Waals surface area contributed by atoms with Crippen LogP contribution in [-0.2, 0) is 9.47 Å². The van der Waals surface area contributed by atoms with Crippen LogP contribution in [0.2, 0.25) is 0 Å². The first-order valence-electron chi connectivity index (χ1n) is 7.47. The molecule has 2 aliphatic rings. The highest BCUT2D eigenvalue weighted by Gasteiger charge is 2.50. The van der Waals surface area contributed by atoms with Crippen LogP contribution in [0.25, 0.3) is 0 Å². The van der Waals surface area contributed by atoms with E-state index in [9.17, 15) is 5.11 Å². The minimum absolute atomic E-state index is 0.0875. The molecule has 2 saturated heterocycles. The van der Waals surface area contributed by atoms with Crippen LogP contribution < -0.4 is 0 Å². The van der Waals surface area contributed by atoms with Gasteiger partial charge in [0.15, 0.2) is 0 Å². The number of ether oxygens (including phenoxy) is 2. The molecule has 0 aromatic heterocycles. The van der Waals surface area contributed by atoms with Gasteiger partial charge in [-0.05, 0) is 40.7 Å². The first-order chi connectivity index (χ1) is 8.75. The van der Waals surface area contributed by atoms with Gasteiger partial charge in [-0.1, -0.05) is 6.92 Å². The molecule has 3 unspecified atom stereocenters. The number of morpholine rings is 1. The van der Waals surface area contributed by atoms with E-state index in [0.29, 0.717) is 6.61 Å². The molecule has 2 heterocycles. The van der Waals surface area contributed by atoms with Crippen LogP contribution in [0.1, 0.15) is 41.0 Å². The molecule has 0 saturated carbocycles. The normalized spacial score (nSPS) is 36.3. The Morgan fingerprint density at radius 2 is 2.00 bits per heavy atom. The highest BCUT2D eigenvalue weighted by molar-refractivity contribution is 5.00. The Bertz CT molecular complexity index is 317. The molecule has 0 amide bonds. The van der Waals surface area contributed by atoms with E-state index < -0.39 is 6.10 Å². The second-order valence-electron chi connectivity index (χ2n) is 7.07. The summed E-state index contributed by atoms with van der Waals surface area (Å²) in [5.74, 6) is 0.129.